The number of non-ortho nitro benzene ring substituents is 1. The summed E-state index contributed by atoms with van der Waals surface area (Å²) < 4.78 is 11.6. The second-order valence-corrected chi connectivity index (χ2v) is 7.04. The highest BCUT2D eigenvalue weighted by atomic mass is 35.5. The van der Waals surface area contributed by atoms with Gasteiger partial charge in [0.1, 0.15) is 0 Å². The van der Waals surface area contributed by atoms with Crippen LogP contribution in [0.5, 0.6) is 0 Å². The van der Waals surface area contributed by atoms with Gasteiger partial charge in [-0.05, 0) is 12.5 Å². The third-order valence-corrected chi connectivity index (χ3v) is 5.72. The van der Waals surface area contributed by atoms with Crippen LogP contribution in [0.1, 0.15) is 18.4 Å². The Morgan fingerprint density at radius 1 is 1.46 bits per heavy atom. The highest BCUT2D eigenvalue weighted by Crippen LogP contribution is 2.79. The fourth-order valence-corrected chi connectivity index (χ4v) is 4.58. The molecule has 10 heteroatoms. The molecule has 2 heterocycles. The zero-order chi connectivity index (χ0) is 18.9. The summed E-state index contributed by atoms with van der Waals surface area (Å²) in [6.45, 7) is 2.01. The minimum absolute atomic E-state index is 0.0649. The molecule has 5 atom stereocenters. The van der Waals surface area contributed by atoms with E-state index < -0.39 is 27.6 Å². The van der Waals surface area contributed by atoms with E-state index in [4.69, 9.17) is 26.8 Å². The van der Waals surface area contributed by atoms with Crippen LogP contribution in [0, 0.1) is 43.6 Å². The zero-order valence-corrected chi connectivity index (χ0v) is 14.3. The van der Waals surface area contributed by atoms with Gasteiger partial charge in [-0.1, -0.05) is 17.7 Å². The molecule has 1 aromatic rings. The predicted octanol–water partition coefficient (Wildman–Crippen LogP) is -0.0941. The quantitative estimate of drug-likeness (QED) is 0.542. The number of ether oxygens (including phenoxy) is 2. The van der Waals surface area contributed by atoms with E-state index in [0.29, 0.717) is 5.56 Å². The summed E-state index contributed by atoms with van der Waals surface area (Å²) in [6, 6.07) is 8.22. The molecule has 3 aliphatic rings. The fraction of sp³-hybridized carbons (Fsp3) is 0.438. The van der Waals surface area contributed by atoms with Crippen molar-refractivity contribution in [2.45, 2.75) is 24.9 Å². The van der Waals surface area contributed by atoms with Gasteiger partial charge in [0.2, 0.25) is 0 Å². The molecule has 0 amide bonds. The lowest BCUT2D eigenvalue weighted by molar-refractivity contribution is -0.677. The van der Waals surface area contributed by atoms with Crippen molar-refractivity contribution in [3.05, 3.63) is 38.9 Å². The number of rotatable bonds is 2. The van der Waals surface area contributed by atoms with Gasteiger partial charge >= 0.3 is 5.91 Å². The lowest BCUT2D eigenvalue weighted by Gasteiger charge is -2.24. The molecule has 1 aliphatic carbocycles. The van der Waals surface area contributed by atoms with E-state index in [1.54, 1.807) is 6.92 Å². The molecule has 2 aliphatic heterocycles. The number of nitrogens with two attached hydrogens (primary N) is 1. The first-order valence-electron chi connectivity index (χ1n) is 7.79. The van der Waals surface area contributed by atoms with Crippen LogP contribution in [0.3, 0.4) is 0 Å². The molecule has 3 N–H and O–H groups in total. The summed E-state index contributed by atoms with van der Waals surface area (Å²) in [6.07, 6.45) is -0.302. The van der Waals surface area contributed by atoms with Crippen LogP contribution < -0.4 is 10.7 Å². The van der Waals surface area contributed by atoms with Crippen LogP contribution in [0.25, 0.3) is 0 Å². The molecule has 1 aromatic carbocycles. The SMILES string of the molecule is C[C@@H]1CO[C@]2([NH+]=C(N)[C@@]3(C#N)[C@@H](c4ccc([N+](=O)[O-])cc4Cl)[C@@]23C#N)O1. The van der Waals surface area contributed by atoms with Crippen LogP contribution in [0.2, 0.25) is 5.02 Å². The van der Waals surface area contributed by atoms with Crippen LogP contribution in [-0.4, -0.2) is 29.4 Å². The maximum Gasteiger partial charge on any atom is 0.343 e. The van der Waals surface area contributed by atoms with Gasteiger partial charge < -0.3 is 9.47 Å². The van der Waals surface area contributed by atoms with Crippen LogP contribution in [-0.2, 0) is 9.47 Å². The summed E-state index contributed by atoms with van der Waals surface area (Å²) in [5.41, 5.74) is 3.46. The van der Waals surface area contributed by atoms with Gasteiger partial charge in [-0.25, -0.2) is 4.99 Å². The van der Waals surface area contributed by atoms with Crippen LogP contribution in [0.4, 0.5) is 5.69 Å². The Bertz CT molecular complexity index is 968. The number of nitro benzene ring substituents is 1. The molecule has 0 unspecified atom stereocenters. The second-order valence-electron chi connectivity index (χ2n) is 6.63. The lowest BCUT2D eigenvalue weighted by Crippen LogP contribution is -2.90. The first-order valence-corrected chi connectivity index (χ1v) is 8.16. The first-order chi connectivity index (χ1) is 12.3. The van der Waals surface area contributed by atoms with Crippen molar-refractivity contribution in [1.82, 2.24) is 0 Å². The smallest absolute Gasteiger partial charge is 0.311 e. The maximum absolute atomic E-state index is 10.9. The molecule has 4 rings (SSSR count). The Kier molecular flexibility index (Phi) is 3.17. The van der Waals surface area contributed by atoms with Crippen molar-refractivity contribution in [3.8, 4) is 12.1 Å². The van der Waals surface area contributed by atoms with Gasteiger partial charge in [-0.3, -0.25) is 15.8 Å². The van der Waals surface area contributed by atoms with Gasteiger partial charge in [0.15, 0.2) is 10.8 Å². The van der Waals surface area contributed by atoms with Crippen molar-refractivity contribution < 1.29 is 19.4 Å². The second kappa shape index (κ2) is 4.92. The van der Waals surface area contributed by atoms with E-state index >= 15 is 0 Å². The first kappa shape index (κ1) is 16.7. The Labute approximate surface area is 152 Å². The summed E-state index contributed by atoms with van der Waals surface area (Å²) in [4.78, 5) is 13.2. The minimum Gasteiger partial charge on any atom is -0.311 e. The Balaban J connectivity index is 1.90. The van der Waals surface area contributed by atoms with E-state index in [2.05, 4.69) is 17.1 Å². The van der Waals surface area contributed by atoms with E-state index in [0.717, 1.165) is 0 Å². The number of nitriles is 2. The topological polar surface area (TPSA) is 149 Å². The van der Waals surface area contributed by atoms with Crippen molar-refractivity contribution >= 4 is 23.1 Å². The summed E-state index contributed by atoms with van der Waals surface area (Å²) in [5.74, 6) is -2.24. The molecule has 0 aromatic heterocycles. The van der Waals surface area contributed by atoms with Gasteiger partial charge in [0.25, 0.3) is 11.5 Å². The number of nitrogens with one attached hydrogen (secondary N) is 1. The number of benzene rings is 1. The molecule has 1 saturated carbocycles. The highest BCUT2D eigenvalue weighted by molar-refractivity contribution is 6.31. The maximum atomic E-state index is 10.9. The largest absolute Gasteiger partial charge is 0.343 e. The molecule has 26 heavy (non-hydrogen) atoms. The van der Waals surface area contributed by atoms with E-state index in [1.165, 1.54) is 18.2 Å². The van der Waals surface area contributed by atoms with Crippen molar-refractivity contribution in [1.29, 1.82) is 10.5 Å². The number of nitro groups is 1. The average Bonchev–Trinajstić information content (AvgIpc) is 2.97. The fourth-order valence-electron chi connectivity index (χ4n) is 4.29. The molecule has 132 valence electrons. The van der Waals surface area contributed by atoms with E-state index in [1.807, 2.05) is 0 Å². The third kappa shape index (κ3) is 1.59. The Morgan fingerprint density at radius 2 is 2.19 bits per heavy atom. The molecular weight excluding hydrogens is 362 g/mol. The molecule has 0 radical (unpaired) electrons. The molecule has 1 saturated heterocycles. The molecular formula is C16H13ClN5O4+. The number of nitrogens with zero attached hydrogens (tertiary/aromatic N) is 3. The number of amidine groups is 1. The monoisotopic (exact) mass is 374 g/mol. The van der Waals surface area contributed by atoms with E-state index in [-0.39, 0.29) is 29.3 Å². The number of fused-ring (bicyclic) bond motifs is 2. The summed E-state index contributed by atoms with van der Waals surface area (Å²) >= 11 is 6.25. The lowest BCUT2D eigenvalue weighted by atomic mass is 9.94. The van der Waals surface area contributed by atoms with Crippen LogP contribution in [0.15, 0.2) is 18.2 Å². The van der Waals surface area contributed by atoms with Crippen molar-refractivity contribution in [2.24, 2.45) is 16.6 Å². The standard InChI is InChI=1S/C16H12ClN5O4/c1-8-5-25-16(26-8)15(7-19)12(14(15,6-18)13(20)21-16)10-3-2-9(22(23)24)4-11(10)17/h2-4,8,12H,5H2,1H3,(H2,20,21)/p+1/t8-,12-,14-,15-,16+/m1/s1. The van der Waals surface area contributed by atoms with Crippen molar-refractivity contribution in [2.75, 3.05) is 6.61 Å². The molecule has 2 fully saturated rings. The van der Waals surface area contributed by atoms with Crippen molar-refractivity contribution in [3.63, 3.8) is 0 Å². The Morgan fingerprint density at radius 3 is 2.69 bits per heavy atom. The normalized spacial score (nSPS) is 39.8. The van der Waals surface area contributed by atoms with Gasteiger partial charge in [-0.2, -0.15) is 10.5 Å². The zero-order valence-electron chi connectivity index (χ0n) is 13.5. The van der Waals surface area contributed by atoms with Gasteiger partial charge in [0, 0.05) is 18.1 Å². The number of hydrogen-bond acceptors (Lipinski definition) is 7. The average molecular weight is 375 g/mol. The summed E-state index contributed by atoms with van der Waals surface area (Å²) in [5, 5.41) is 31.0. The van der Waals surface area contributed by atoms with E-state index in [9.17, 15) is 20.6 Å². The molecule has 1 spiro atoms. The number of hydrogen-bond donors (Lipinski definition) is 2. The third-order valence-electron chi connectivity index (χ3n) is 5.39. The summed E-state index contributed by atoms with van der Waals surface area (Å²) in [7, 11) is 0. The minimum atomic E-state index is -1.56. The molecule has 0 bridgehead atoms. The van der Waals surface area contributed by atoms with Gasteiger partial charge in [-0.15, -0.1) is 0 Å². The predicted molar refractivity (Wildman–Crippen MR) is 86.3 cm³/mol. The van der Waals surface area contributed by atoms with Crippen LogP contribution >= 0.6 is 11.6 Å². The highest BCUT2D eigenvalue weighted by Gasteiger charge is 2.98. The molecule has 9 nitrogen and oxygen atoms in total. The van der Waals surface area contributed by atoms with Gasteiger partial charge in [0.05, 0.1) is 34.8 Å². The number of halogens is 1. The Hall–Kier alpha value is -2.72.